The van der Waals surface area contributed by atoms with Crippen molar-refractivity contribution in [1.82, 2.24) is 15.1 Å². The molecule has 3 rings (SSSR count). The van der Waals surface area contributed by atoms with Gasteiger partial charge in [0, 0.05) is 30.4 Å². The maximum absolute atomic E-state index is 12.9. The summed E-state index contributed by atoms with van der Waals surface area (Å²) in [7, 11) is 0. The number of hydrogen-bond donors (Lipinski definition) is 0. The van der Waals surface area contributed by atoms with Crippen molar-refractivity contribution in [2.75, 3.05) is 24.5 Å². The van der Waals surface area contributed by atoms with Crippen molar-refractivity contribution < 1.29 is 9.59 Å². The molecule has 1 atom stereocenters. The van der Waals surface area contributed by atoms with Crippen LogP contribution < -0.4 is 4.90 Å². The summed E-state index contributed by atoms with van der Waals surface area (Å²) in [6.45, 7) is 11.1. The molecule has 7 heteroatoms. The number of nitrogens with zero attached hydrogens (tertiary/aromatic N) is 4. The summed E-state index contributed by atoms with van der Waals surface area (Å²) < 4.78 is 0. The Morgan fingerprint density at radius 2 is 1.90 bits per heavy atom. The number of amides is 1. The van der Waals surface area contributed by atoms with Gasteiger partial charge in [-0.15, -0.1) is 5.10 Å². The SMILES string of the molecule is CC(=O)CN(C(=O)[C@]1(C)CCN(c2cccnn2)C1)C(C)C.CCc1ccc(Cl)cc1. The highest BCUT2D eigenvalue weighted by molar-refractivity contribution is 6.30. The van der Waals surface area contributed by atoms with E-state index in [4.69, 9.17) is 11.6 Å². The van der Waals surface area contributed by atoms with Gasteiger partial charge >= 0.3 is 0 Å². The minimum Gasteiger partial charge on any atom is -0.354 e. The van der Waals surface area contributed by atoms with Crippen LogP contribution in [0.5, 0.6) is 0 Å². The first-order chi connectivity index (χ1) is 14.7. The Balaban J connectivity index is 0.000000316. The molecule has 0 radical (unpaired) electrons. The van der Waals surface area contributed by atoms with Crippen LogP contribution in [0.2, 0.25) is 5.02 Å². The van der Waals surface area contributed by atoms with Gasteiger partial charge in [-0.1, -0.05) is 30.7 Å². The van der Waals surface area contributed by atoms with E-state index in [0.29, 0.717) is 6.54 Å². The molecule has 1 aliphatic rings. The molecule has 0 N–H and O–H groups in total. The summed E-state index contributed by atoms with van der Waals surface area (Å²) >= 11 is 5.67. The van der Waals surface area contributed by atoms with Gasteiger partial charge in [0.25, 0.3) is 0 Å². The van der Waals surface area contributed by atoms with Gasteiger partial charge in [-0.3, -0.25) is 9.59 Å². The van der Waals surface area contributed by atoms with Gasteiger partial charge in [0.1, 0.15) is 5.78 Å². The van der Waals surface area contributed by atoms with E-state index in [-0.39, 0.29) is 24.3 Å². The Morgan fingerprint density at radius 3 is 2.42 bits per heavy atom. The lowest BCUT2D eigenvalue weighted by molar-refractivity contribution is -0.144. The highest BCUT2D eigenvalue weighted by Gasteiger charge is 2.43. The van der Waals surface area contributed by atoms with Gasteiger partial charge in [-0.05, 0) is 70.4 Å². The number of halogens is 1. The Bertz CT molecular complexity index is 858. The Labute approximate surface area is 190 Å². The molecule has 2 aromatic rings. The van der Waals surface area contributed by atoms with Crippen LogP contribution in [0.15, 0.2) is 42.6 Å². The number of ketones is 1. The predicted octanol–water partition coefficient (Wildman–Crippen LogP) is 4.42. The first-order valence-electron chi connectivity index (χ1n) is 10.7. The number of carbonyl (C=O) groups excluding carboxylic acids is 2. The van der Waals surface area contributed by atoms with E-state index >= 15 is 0 Å². The summed E-state index contributed by atoms with van der Waals surface area (Å²) in [5.74, 6) is 0.847. The minimum atomic E-state index is -0.489. The van der Waals surface area contributed by atoms with Crippen molar-refractivity contribution in [3.05, 3.63) is 53.2 Å². The number of aryl methyl sites for hydroxylation is 1. The fraction of sp³-hybridized carbons (Fsp3) is 0.500. The zero-order valence-corrected chi connectivity index (χ0v) is 19.9. The normalized spacial score (nSPS) is 17.8. The summed E-state index contributed by atoms with van der Waals surface area (Å²) in [6.07, 6.45) is 3.47. The zero-order valence-electron chi connectivity index (χ0n) is 19.1. The first kappa shape index (κ1) is 24.8. The maximum Gasteiger partial charge on any atom is 0.230 e. The highest BCUT2D eigenvalue weighted by Crippen LogP contribution is 2.34. The molecule has 1 aromatic carbocycles. The van der Waals surface area contributed by atoms with E-state index in [9.17, 15) is 9.59 Å². The highest BCUT2D eigenvalue weighted by atomic mass is 35.5. The Morgan fingerprint density at radius 1 is 1.23 bits per heavy atom. The standard InChI is InChI=1S/C16H24N4O2.C8H9Cl/c1-12(2)20(10-13(3)21)15(22)16(4)7-9-19(11-16)14-6-5-8-17-18-14;1-2-7-3-5-8(9)6-4-7/h5-6,8,12H,7,9-11H2,1-4H3;3-6H,2H2,1H3/t16-;/m1./s1. The average molecular weight is 445 g/mol. The zero-order chi connectivity index (χ0) is 23.0. The second kappa shape index (κ2) is 11.2. The summed E-state index contributed by atoms with van der Waals surface area (Å²) in [5.41, 5.74) is 0.844. The third kappa shape index (κ3) is 7.03. The van der Waals surface area contributed by atoms with Crippen LogP contribution in [0.1, 0.15) is 46.6 Å². The number of carbonyl (C=O) groups is 2. The van der Waals surface area contributed by atoms with Crippen LogP contribution in [0.25, 0.3) is 0 Å². The molecule has 6 nitrogen and oxygen atoms in total. The molecule has 1 saturated heterocycles. The third-order valence-electron chi connectivity index (χ3n) is 5.47. The molecule has 0 aliphatic carbocycles. The fourth-order valence-corrected chi connectivity index (χ4v) is 3.71. The van der Waals surface area contributed by atoms with Gasteiger partial charge < -0.3 is 9.80 Å². The van der Waals surface area contributed by atoms with Crippen LogP contribution in [0.3, 0.4) is 0 Å². The lowest BCUT2D eigenvalue weighted by atomic mass is 9.87. The van der Waals surface area contributed by atoms with Crippen molar-refractivity contribution in [2.45, 2.75) is 53.5 Å². The van der Waals surface area contributed by atoms with Crippen LogP contribution in [0, 0.1) is 5.41 Å². The second-order valence-corrected chi connectivity index (χ2v) is 8.96. The molecule has 31 heavy (non-hydrogen) atoms. The molecule has 1 fully saturated rings. The molecule has 0 saturated carbocycles. The second-order valence-electron chi connectivity index (χ2n) is 8.52. The average Bonchev–Trinajstić information content (AvgIpc) is 3.16. The molecular formula is C24H33ClN4O2. The summed E-state index contributed by atoms with van der Waals surface area (Å²) in [4.78, 5) is 28.1. The summed E-state index contributed by atoms with van der Waals surface area (Å²) in [5, 5.41) is 8.82. The number of benzene rings is 1. The van der Waals surface area contributed by atoms with Gasteiger partial charge in [-0.2, -0.15) is 5.10 Å². The first-order valence-corrected chi connectivity index (χ1v) is 11.1. The van der Waals surface area contributed by atoms with Crippen LogP contribution in [-0.4, -0.2) is 52.5 Å². The van der Waals surface area contributed by atoms with Crippen molar-refractivity contribution in [3.63, 3.8) is 0 Å². The molecule has 0 unspecified atom stereocenters. The smallest absolute Gasteiger partial charge is 0.230 e. The van der Waals surface area contributed by atoms with Crippen LogP contribution in [0.4, 0.5) is 5.82 Å². The third-order valence-corrected chi connectivity index (χ3v) is 5.72. The van der Waals surface area contributed by atoms with Gasteiger partial charge in [-0.25, -0.2) is 0 Å². The molecule has 0 bridgehead atoms. The van der Waals surface area contributed by atoms with Gasteiger partial charge in [0.2, 0.25) is 5.91 Å². The van der Waals surface area contributed by atoms with Crippen molar-refractivity contribution in [1.29, 1.82) is 0 Å². The van der Waals surface area contributed by atoms with Crippen molar-refractivity contribution >= 4 is 29.1 Å². The molecular weight excluding hydrogens is 412 g/mol. The maximum atomic E-state index is 12.9. The largest absolute Gasteiger partial charge is 0.354 e. The monoisotopic (exact) mass is 444 g/mol. The van der Waals surface area contributed by atoms with E-state index in [1.54, 1.807) is 11.1 Å². The minimum absolute atomic E-state index is 0.00873. The van der Waals surface area contributed by atoms with Gasteiger partial charge in [0.15, 0.2) is 5.82 Å². The quantitative estimate of drug-likeness (QED) is 0.659. The van der Waals surface area contributed by atoms with E-state index < -0.39 is 5.41 Å². The summed E-state index contributed by atoms with van der Waals surface area (Å²) in [6, 6.07) is 11.7. The molecule has 1 aromatic heterocycles. The van der Waals surface area contributed by atoms with Crippen LogP contribution in [-0.2, 0) is 16.0 Å². The topological polar surface area (TPSA) is 66.4 Å². The van der Waals surface area contributed by atoms with E-state index in [1.807, 2.05) is 57.2 Å². The van der Waals surface area contributed by atoms with E-state index in [0.717, 1.165) is 30.2 Å². The Hall–Kier alpha value is -2.47. The molecule has 2 heterocycles. The molecule has 168 valence electrons. The lowest BCUT2D eigenvalue weighted by Gasteiger charge is -2.34. The lowest BCUT2D eigenvalue weighted by Crippen LogP contribution is -2.48. The molecule has 1 aliphatic heterocycles. The molecule has 0 spiro atoms. The van der Waals surface area contributed by atoms with Crippen LogP contribution >= 0.6 is 11.6 Å². The number of hydrogen-bond acceptors (Lipinski definition) is 5. The van der Waals surface area contributed by atoms with Crippen molar-refractivity contribution in [3.8, 4) is 0 Å². The number of anilines is 1. The van der Waals surface area contributed by atoms with Gasteiger partial charge in [0.05, 0.1) is 12.0 Å². The van der Waals surface area contributed by atoms with Crippen molar-refractivity contribution in [2.24, 2.45) is 5.41 Å². The fourth-order valence-electron chi connectivity index (χ4n) is 3.59. The van der Waals surface area contributed by atoms with E-state index in [2.05, 4.69) is 22.0 Å². The molecule has 1 amide bonds. The van der Waals surface area contributed by atoms with E-state index in [1.165, 1.54) is 12.5 Å². The number of Topliss-reactive ketones (excluding diaryl/α,β-unsaturated/α-hetero) is 1. The Kier molecular flexibility index (Phi) is 8.99. The number of aromatic nitrogens is 2. The predicted molar refractivity (Wildman–Crippen MR) is 125 cm³/mol. The number of rotatable bonds is 6.